The average molecular weight is 423 g/mol. The molecule has 0 aliphatic carbocycles. The van der Waals surface area contributed by atoms with E-state index in [2.05, 4.69) is 0 Å². The molecule has 3 aromatic rings. The summed E-state index contributed by atoms with van der Waals surface area (Å²) in [4.78, 5) is 42.0. The average Bonchev–Trinajstić information content (AvgIpc) is 3.12. The Balaban J connectivity index is 1.62. The molecule has 32 heavy (non-hydrogen) atoms. The minimum Gasteiger partial charge on any atom is -0.325 e. The van der Waals surface area contributed by atoms with Gasteiger partial charge < -0.3 is 4.90 Å². The number of hydrogen-bond donors (Lipinski definition) is 0. The van der Waals surface area contributed by atoms with Gasteiger partial charge in [0.05, 0.1) is 30.2 Å². The van der Waals surface area contributed by atoms with Crippen LogP contribution in [0.15, 0.2) is 84.9 Å². The molecule has 0 radical (unpaired) electrons. The Hall–Kier alpha value is -4.24. The minimum absolute atomic E-state index is 0.0772. The summed E-state index contributed by atoms with van der Waals surface area (Å²) in [6.45, 7) is 0.234. The molecule has 3 aromatic carbocycles. The number of amides is 3. The van der Waals surface area contributed by atoms with Gasteiger partial charge in [0.15, 0.2) is 0 Å². The van der Waals surface area contributed by atoms with E-state index in [9.17, 15) is 14.4 Å². The minimum atomic E-state index is -0.880. The second kappa shape index (κ2) is 9.27. The molecule has 1 atom stereocenters. The van der Waals surface area contributed by atoms with E-state index in [1.165, 1.54) is 4.90 Å². The molecule has 0 spiro atoms. The van der Waals surface area contributed by atoms with Crippen LogP contribution in [-0.4, -0.2) is 28.7 Å². The highest BCUT2D eigenvalue weighted by atomic mass is 16.2. The van der Waals surface area contributed by atoms with Crippen LogP contribution in [0.3, 0.4) is 0 Å². The monoisotopic (exact) mass is 423 g/mol. The predicted molar refractivity (Wildman–Crippen MR) is 119 cm³/mol. The smallest absolute Gasteiger partial charge is 0.257 e. The Morgan fingerprint density at radius 2 is 1.50 bits per heavy atom. The van der Waals surface area contributed by atoms with Crippen LogP contribution in [0.5, 0.6) is 0 Å². The summed E-state index contributed by atoms with van der Waals surface area (Å²) < 4.78 is 0. The fraction of sp³-hybridized carbons (Fsp3) is 0.154. The third kappa shape index (κ3) is 4.42. The molecule has 1 unspecified atom stereocenters. The third-order valence-corrected chi connectivity index (χ3v) is 5.47. The van der Waals surface area contributed by atoms with E-state index in [0.29, 0.717) is 11.3 Å². The van der Waals surface area contributed by atoms with Crippen molar-refractivity contribution in [2.45, 2.75) is 25.4 Å². The fourth-order valence-corrected chi connectivity index (χ4v) is 3.84. The topological polar surface area (TPSA) is 81.5 Å². The van der Waals surface area contributed by atoms with E-state index in [-0.39, 0.29) is 31.2 Å². The number of nitrogens with zero attached hydrogens (tertiary/aromatic N) is 3. The van der Waals surface area contributed by atoms with Crippen LogP contribution in [-0.2, 0) is 27.3 Å². The van der Waals surface area contributed by atoms with Gasteiger partial charge >= 0.3 is 0 Å². The first-order valence-electron chi connectivity index (χ1n) is 10.3. The maximum absolute atomic E-state index is 13.3. The van der Waals surface area contributed by atoms with E-state index in [1.807, 2.05) is 66.7 Å². The second-order valence-corrected chi connectivity index (χ2v) is 7.62. The fourth-order valence-electron chi connectivity index (χ4n) is 3.84. The van der Waals surface area contributed by atoms with Crippen molar-refractivity contribution < 1.29 is 14.4 Å². The van der Waals surface area contributed by atoms with Gasteiger partial charge in [0, 0.05) is 6.54 Å². The molecule has 4 rings (SSSR count). The Kier molecular flexibility index (Phi) is 6.09. The second-order valence-electron chi connectivity index (χ2n) is 7.62. The maximum atomic E-state index is 13.3. The number of carbonyl (C=O) groups is 3. The van der Waals surface area contributed by atoms with E-state index in [4.69, 9.17) is 5.26 Å². The zero-order chi connectivity index (χ0) is 22.5. The van der Waals surface area contributed by atoms with E-state index in [1.54, 1.807) is 24.3 Å². The summed E-state index contributed by atoms with van der Waals surface area (Å²) in [6, 6.07) is 26.2. The summed E-state index contributed by atoms with van der Waals surface area (Å²) in [7, 11) is 0. The molecule has 1 aliphatic rings. The van der Waals surface area contributed by atoms with Gasteiger partial charge in [-0.05, 0) is 35.4 Å². The maximum Gasteiger partial charge on any atom is 0.257 e. The zero-order valence-corrected chi connectivity index (χ0v) is 17.3. The number of nitriles is 1. The highest BCUT2D eigenvalue weighted by Crippen LogP contribution is 2.27. The van der Waals surface area contributed by atoms with Crippen molar-refractivity contribution in [3.63, 3.8) is 0 Å². The van der Waals surface area contributed by atoms with Gasteiger partial charge in [0.25, 0.3) is 5.91 Å². The summed E-state index contributed by atoms with van der Waals surface area (Å²) in [6.07, 6.45) is 0.0642. The number of hydrogen-bond acceptors (Lipinski definition) is 4. The lowest BCUT2D eigenvalue weighted by molar-refractivity contribution is -0.138. The van der Waals surface area contributed by atoms with E-state index in [0.717, 1.165) is 16.0 Å². The van der Waals surface area contributed by atoms with Gasteiger partial charge in [-0.25, -0.2) is 4.90 Å². The number of benzene rings is 3. The SMILES string of the molecule is N#Cc1ccc(N2C(=O)CC(N(Cc3ccccc3)C(=O)Cc3ccccc3)C2=O)cc1. The molecule has 0 bridgehead atoms. The Labute approximate surface area is 186 Å². The molecule has 0 saturated carbocycles. The Morgan fingerprint density at radius 3 is 2.09 bits per heavy atom. The lowest BCUT2D eigenvalue weighted by Gasteiger charge is -2.28. The molecule has 6 heteroatoms. The standard InChI is InChI=1S/C26H21N3O3/c27-17-20-11-13-22(14-12-20)29-25(31)16-23(26(29)32)28(18-21-9-5-2-6-10-21)24(30)15-19-7-3-1-4-8-19/h1-14,23H,15-16,18H2. The summed E-state index contributed by atoms with van der Waals surface area (Å²) in [5, 5.41) is 8.99. The van der Waals surface area contributed by atoms with Crippen LogP contribution in [0.4, 0.5) is 5.69 Å². The molecule has 3 amide bonds. The van der Waals surface area contributed by atoms with Crippen molar-refractivity contribution in [3.05, 3.63) is 102 Å². The van der Waals surface area contributed by atoms with Crippen molar-refractivity contribution in [1.29, 1.82) is 5.26 Å². The molecule has 158 valence electrons. The number of imide groups is 1. The first-order valence-corrected chi connectivity index (χ1v) is 10.3. The molecule has 1 heterocycles. The van der Waals surface area contributed by atoms with Gasteiger partial charge in [-0.1, -0.05) is 60.7 Å². The number of rotatable bonds is 6. The molecule has 0 aromatic heterocycles. The normalized spacial score (nSPS) is 15.5. The van der Waals surface area contributed by atoms with Crippen molar-refractivity contribution in [2.75, 3.05) is 4.90 Å². The van der Waals surface area contributed by atoms with Gasteiger partial charge in [-0.2, -0.15) is 5.26 Å². The largest absolute Gasteiger partial charge is 0.325 e. The molecule has 1 saturated heterocycles. The van der Waals surface area contributed by atoms with Crippen LogP contribution < -0.4 is 4.90 Å². The van der Waals surface area contributed by atoms with Crippen molar-refractivity contribution in [2.24, 2.45) is 0 Å². The molecular weight excluding hydrogens is 402 g/mol. The van der Waals surface area contributed by atoms with Gasteiger partial charge in [-0.15, -0.1) is 0 Å². The Bertz CT molecular complexity index is 1170. The number of anilines is 1. The predicted octanol–water partition coefficient (Wildman–Crippen LogP) is 3.46. The van der Waals surface area contributed by atoms with Crippen molar-refractivity contribution in [3.8, 4) is 6.07 Å². The molecule has 0 N–H and O–H groups in total. The first kappa shape index (κ1) is 21.0. The van der Waals surface area contributed by atoms with Crippen LogP contribution in [0, 0.1) is 11.3 Å². The molecular formula is C26H21N3O3. The van der Waals surface area contributed by atoms with Gasteiger partial charge in [0.1, 0.15) is 6.04 Å². The van der Waals surface area contributed by atoms with Crippen LogP contribution in [0.1, 0.15) is 23.1 Å². The molecule has 1 aliphatic heterocycles. The quantitative estimate of drug-likeness (QED) is 0.569. The van der Waals surface area contributed by atoms with Gasteiger partial charge in [0.2, 0.25) is 11.8 Å². The lowest BCUT2D eigenvalue weighted by Crippen LogP contribution is -2.45. The van der Waals surface area contributed by atoms with E-state index >= 15 is 0 Å². The highest BCUT2D eigenvalue weighted by Gasteiger charge is 2.44. The zero-order valence-electron chi connectivity index (χ0n) is 17.3. The van der Waals surface area contributed by atoms with Crippen LogP contribution in [0.25, 0.3) is 0 Å². The van der Waals surface area contributed by atoms with Crippen molar-refractivity contribution >= 4 is 23.4 Å². The van der Waals surface area contributed by atoms with Crippen LogP contribution >= 0.6 is 0 Å². The third-order valence-electron chi connectivity index (χ3n) is 5.47. The van der Waals surface area contributed by atoms with E-state index < -0.39 is 11.9 Å². The summed E-state index contributed by atoms with van der Waals surface area (Å²) >= 11 is 0. The lowest BCUT2D eigenvalue weighted by atomic mass is 10.1. The summed E-state index contributed by atoms with van der Waals surface area (Å²) in [5.74, 6) is -1.01. The van der Waals surface area contributed by atoms with Crippen LogP contribution in [0.2, 0.25) is 0 Å². The molecule has 1 fully saturated rings. The summed E-state index contributed by atoms with van der Waals surface area (Å²) in [5.41, 5.74) is 2.56. The first-order chi connectivity index (χ1) is 15.6. The Morgan fingerprint density at radius 1 is 0.906 bits per heavy atom. The van der Waals surface area contributed by atoms with Gasteiger partial charge in [-0.3, -0.25) is 14.4 Å². The number of carbonyl (C=O) groups excluding carboxylic acids is 3. The van der Waals surface area contributed by atoms with Crippen molar-refractivity contribution in [1.82, 2.24) is 4.90 Å². The molecule has 6 nitrogen and oxygen atoms in total. The highest BCUT2D eigenvalue weighted by molar-refractivity contribution is 6.23.